The molecule has 0 aliphatic heterocycles. The summed E-state index contributed by atoms with van der Waals surface area (Å²) < 4.78 is 36.1. The largest absolute Gasteiger partial charge is 0.391 e. The molecule has 1 unspecified atom stereocenters. The second-order valence-electron chi connectivity index (χ2n) is 2.67. The number of nitrogens with one attached hydrogen (secondary N) is 1. The minimum absolute atomic E-state index is 0.173. The maximum atomic E-state index is 12.0. The first-order valence-electron chi connectivity index (χ1n) is 3.81. The van der Waals surface area contributed by atoms with Crippen LogP contribution in [-0.2, 0) is 0 Å². The van der Waals surface area contributed by atoms with Gasteiger partial charge in [0, 0.05) is 12.4 Å². The Balaban J connectivity index is 2.73. The number of nitrogens with two attached hydrogens (primary N) is 1. The SMILES string of the molecule is NNC(CC(F)(F)F)c1cnccn1. The zero-order chi connectivity index (χ0) is 10.6. The van der Waals surface area contributed by atoms with Crippen LogP contribution >= 0.6 is 0 Å². The fourth-order valence-corrected chi connectivity index (χ4v) is 0.971. The number of hydrogen-bond acceptors (Lipinski definition) is 4. The highest BCUT2D eigenvalue weighted by atomic mass is 19.4. The third-order valence-electron chi connectivity index (χ3n) is 1.58. The lowest BCUT2D eigenvalue weighted by molar-refractivity contribution is -0.140. The Labute approximate surface area is 78.3 Å². The average Bonchev–Trinajstić information content (AvgIpc) is 2.14. The number of rotatable bonds is 3. The van der Waals surface area contributed by atoms with Crippen molar-refractivity contribution in [3.63, 3.8) is 0 Å². The lowest BCUT2D eigenvalue weighted by Gasteiger charge is -2.16. The van der Waals surface area contributed by atoms with Crippen molar-refractivity contribution in [2.24, 2.45) is 5.84 Å². The van der Waals surface area contributed by atoms with E-state index >= 15 is 0 Å². The first kappa shape index (κ1) is 10.9. The summed E-state index contributed by atoms with van der Waals surface area (Å²) in [4.78, 5) is 7.39. The van der Waals surface area contributed by atoms with Gasteiger partial charge in [-0.2, -0.15) is 13.2 Å². The van der Waals surface area contributed by atoms with E-state index in [-0.39, 0.29) is 5.69 Å². The second-order valence-corrected chi connectivity index (χ2v) is 2.67. The van der Waals surface area contributed by atoms with Gasteiger partial charge in [0.1, 0.15) is 0 Å². The first-order chi connectivity index (χ1) is 6.53. The van der Waals surface area contributed by atoms with Gasteiger partial charge in [-0.1, -0.05) is 0 Å². The van der Waals surface area contributed by atoms with E-state index in [9.17, 15) is 13.2 Å². The molecule has 7 heteroatoms. The molecule has 1 atom stereocenters. The van der Waals surface area contributed by atoms with Crippen molar-refractivity contribution < 1.29 is 13.2 Å². The molecule has 0 aromatic carbocycles. The van der Waals surface area contributed by atoms with Crippen molar-refractivity contribution in [3.05, 3.63) is 24.3 Å². The van der Waals surface area contributed by atoms with E-state index in [1.807, 2.05) is 0 Å². The minimum Gasteiger partial charge on any atom is -0.271 e. The van der Waals surface area contributed by atoms with Gasteiger partial charge in [0.05, 0.1) is 24.4 Å². The van der Waals surface area contributed by atoms with Crippen LogP contribution in [0.3, 0.4) is 0 Å². The van der Waals surface area contributed by atoms with Crippen molar-refractivity contribution in [2.75, 3.05) is 0 Å². The third-order valence-corrected chi connectivity index (χ3v) is 1.58. The van der Waals surface area contributed by atoms with Crippen LogP contribution in [-0.4, -0.2) is 16.1 Å². The van der Waals surface area contributed by atoms with E-state index in [1.165, 1.54) is 18.6 Å². The van der Waals surface area contributed by atoms with E-state index < -0.39 is 18.6 Å². The molecule has 1 heterocycles. The van der Waals surface area contributed by atoms with Gasteiger partial charge in [0.25, 0.3) is 0 Å². The standard InChI is InChI=1S/C7H9F3N4/c8-7(9,10)3-5(14-11)6-4-12-1-2-13-6/h1-2,4-5,14H,3,11H2. The highest BCUT2D eigenvalue weighted by molar-refractivity contribution is 5.02. The maximum Gasteiger partial charge on any atom is 0.391 e. The molecule has 1 aromatic rings. The molecule has 1 aromatic heterocycles. The smallest absolute Gasteiger partial charge is 0.271 e. The minimum atomic E-state index is -4.28. The Morgan fingerprint density at radius 1 is 1.43 bits per heavy atom. The monoisotopic (exact) mass is 206 g/mol. The van der Waals surface area contributed by atoms with Gasteiger partial charge in [-0.3, -0.25) is 21.2 Å². The molecule has 0 aliphatic rings. The van der Waals surface area contributed by atoms with Gasteiger partial charge >= 0.3 is 6.18 Å². The Bertz CT molecular complexity index is 274. The van der Waals surface area contributed by atoms with E-state index in [2.05, 4.69) is 15.4 Å². The van der Waals surface area contributed by atoms with Gasteiger partial charge in [0.15, 0.2) is 0 Å². The molecule has 14 heavy (non-hydrogen) atoms. The topological polar surface area (TPSA) is 63.8 Å². The zero-order valence-corrected chi connectivity index (χ0v) is 7.12. The number of alkyl halides is 3. The van der Waals surface area contributed by atoms with Crippen molar-refractivity contribution >= 4 is 0 Å². The number of aromatic nitrogens is 2. The molecule has 0 radical (unpaired) electrons. The summed E-state index contributed by atoms with van der Waals surface area (Å²) in [6, 6.07) is -1.05. The molecular formula is C7H9F3N4. The summed E-state index contributed by atoms with van der Waals surface area (Å²) in [5, 5.41) is 0. The van der Waals surface area contributed by atoms with Crippen molar-refractivity contribution in [1.29, 1.82) is 0 Å². The van der Waals surface area contributed by atoms with Crippen LogP contribution in [0.25, 0.3) is 0 Å². The van der Waals surface area contributed by atoms with Crippen LogP contribution in [0, 0.1) is 0 Å². The summed E-state index contributed by atoms with van der Waals surface area (Å²) in [7, 11) is 0. The fourth-order valence-electron chi connectivity index (χ4n) is 0.971. The summed E-state index contributed by atoms with van der Waals surface area (Å²) >= 11 is 0. The maximum absolute atomic E-state index is 12.0. The number of hydrazine groups is 1. The van der Waals surface area contributed by atoms with E-state index in [4.69, 9.17) is 5.84 Å². The third kappa shape index (κ3) is 3.27. The van der Waals surface area contributed by atoms with Crippen LogP contribution in [0.1, 0.15) is 18.2 Å². The lowest BCUT2D eigenvalue weighted by atomic mass is 10.1. The Morgan fingerprint density at radius 2 is 2.14 bits per heavy atom. The second kappa shape index (κ2) is 4.34. The fraction of sp³-hybridized carbons (Fsp3) is 0.429. The van der Waals surface area contributed by atoms with Gasteiger partial charge in [-0.25, -0.2) is 0 Å². The molecule has 78 valence electrons. The highest BCUT2D eigenvalue weighted by Crippen LogP contribution is 2.27. The van der Waals surface area contributed by atoms with Gasteiger partial charge < -0.3 is 0 Å². The molecule has 0 fully saturated rings. The molecule has 0 bridgehead atoms. The molecule has 1 rings (SSSR count). The molecule has 0 saturated carbocycles. The number of halogens is 3. The Hall–Kier alpha value is -1.21. The normalized spacial score (nSPS) is 14.0. The molecule has 0 aliphatic carbocycles. The van der Waals surface area contributed by atoms with Gasteiger partial charge in [-0.05, 0) is 0 Å². The number of nitrogens with zero attached hydrogens (tertiary/aromatic N) is 2. The van der Waals surface area contributed by atoms with Gasteiger partial charge in [-0.15, -0.1) is 0 Å². The van der Waals surface area contributed by atoms with Crippen LogP contribution in [0.15, 0.2) is 18.6 Å². The molecule has 0 amide bonds. The summed E-state index contributed by atoms with van der Waals surface area (Å²) in [6.45, 7) is 0. The van der Waals surface area contributed by atoms with Crippen molar-refractivity contribution in [3.8, 4) is 0 Å². The quantitative estimate of drug-likeness (QED) is 0.570. The summed E-state index contributed by atoms with van der Waals surface area (Å²) in [6.07, 6.45) is -1.41. The van der Waals surface area contributed by atoms with Crippen molar-refractivity contribution in [1.82, 2.24) is 15.4 Å². The van der Waals surface area contributed by atoms with Crippen LogP contribution < -0.4 is 11.3 Å². The van der Waals surface area contributed by atoms with E-state index in [1.54, 1.807) is 0 Å². The van der Waals surface area contributed by atoms with Crippen molar-refractivity contribution in [2.45, 2.75) is 18.6 Å². The highest BCUT2D eigenvalue weighted by Gasteiger charge is 2.32. The van der Waals surface area contributed by atoms with Gasteiger partial charge in [0.2, 0.25) is 0 Å². The lowest BCUT2D eigenvalue weighted by Crippen LogP contribution is -2.32. The predicted molar refractivity (Wildman–Crippen MR) is 42.8 cm³/mol. The number of hydrogen-bond donors (Lipinski definition) is 2. The molecule has 0 saturated heterocycles. The predicted octanol–water partition coefficient (Wildman–Crippen LogP) is 0.933. The molecular weight excluding hydrogens is 197 g/mol. The van der Waals surface area contributed by atoms with Crippen LogP contribution in [0.5, 0.6) is 0 Å². The average molecular weight is 206 g/mol. The summed E-state index contributed by atoms with van der Waals surface area (Å²) in [5.74, 6) is 4.99. The Morgan fingerprint density at radius 3 is 2.57 bits per heavy atom. The summed E-state index contributed by atoms with van der Waals surface area (Å²) in [5.41, 5.74) is 2.23. The first-order valence-corrected chi connectivity index (χ1v) is 3.81. The van der Waals surface area contributed by atoms with E-state index in [0.29, 0.717) is 0 Å². The van der Waals surface area contributed by atoms with Crippen LogP contribution in [0.2, 0.25) is 0 Å². The molecule has 3 N–H and O–H groups in total. The van der Waals surface area contributed by atoms with Crippen LogP contribution in [0.4, 0.5) is 13.2 Å². The molecule has 0 spiro atoms. The zero-order valence-electron chi connectivity index (χ0n) is 7.12. The van der Waals surface area contributed by atoms with E-state index in [0.717, 1.165) is 0 Å². The molecule has 4 nitrogen and oxygen atoms in total. The Kier molecular flexibility index (Phi) is 3.37.